The lowest BCUT2D eigenvalue weighted by Gasteiger charge is -2.29. The fourth-order valence-corrected chi connectivity index (χ4v) is 5.61. The van der Waals surface area contributed by atoms with Crippen molar-refractivity contribution in [2.24, 2.45) is 0 Å². The second-order valence-corrected chi connectivity index (χ2v) is 10.9. The van der Waals surface area contributed by atoms with E-state index < -0.39 is 15.9 Å². The molecule has 2 heterocycles. The summed E-state index contributed by atoms with van der Waals surface area (Å²) < 4.78 is 35.8. The van der Waals surface area contributed by atoms with Crippen LogP contribution in [0.4, 0.5) is 0 Å². The maximum atomic E-state index is 11.9. The molecular formula is C21H28BrNO5S. The van der Waals surface area contributed by atoms with Gasteiger partial charge in [-0.2, -0.15) is 0 Å². The number of aliphatic hydroxyl groups is 1. The van der Waals surface area contributed by atoms with Crippen molar-refractivity contribution in [1.82, 2.24) is 4.90 Å². The molecular weight excluding hydrogens is 458 g/mol. The molecule has 160 valence electrons. The van der Waals surface area contributed by atoms with Crippen LogP contribution in [-0.2, 0) is 16.4 Å². The molecule has 0 bridgehead atoms. The van der Waals surface area contributed by atoms with Gasteiger partial charge in [0.1, 0.15) is 24.2 Å². The number of furan rings is 1. The molecule has 0 radical (unpaired) electrons. The van der Waals surface area contributed by atoms with Crippen molar-refractivity contribution in [3.05, 3.63) is 52.4 Å². The number of hydrogen-bond acceptors (Lipinski definition) is 6. The number of ether oxygens (including phenoxy) is 1. The van der Waals surface area contributed by atoms with Crippen LogP contribution in [0.15, 0.2) is 45.5 Å². The Balaban J connectivity index is 1.60. The Bertz CT molecular complexity index is 894. The number of sulfone groups is 1. The molecule has 2 atom stereocenters. The van der Waals surface area contributed by atoms with Gasteiger partial charge in [0.25, 0.3) is 0 Å². The molecule has 2 aromatic rings. The largest absolute Gasteiger partial charge is 0.491 e. The van der Waals surface area contributed by atoms with E-state index in [0.29, 0.717) is 35.8 Å². The first-order valence-electron chi connectivity index (χ1n) is 9.81. The topological polar surface area (TPSA) is 80.0 Å². The maximum absolute atomic E-state index is 11.9. The molecule has 29 heavy (non-hydrogen) atoms. The quantitative estimate of drug-likeness (QED) is 0.584. The molecule has 0 amide bonds. The minimum atomic E-state index is -3.02. The zero-order valence-corrected chi connectivity index (χ0v) is 19.2. The van der Waals surface area contributed by atoms with Crippen LogP contribution < -0.4 is 4.74 Å². The lowest BCUT2D eigenvalue weighted by atomic mass is 10.0. The Hall–Kier alpha value is -1.35. The molecule has 0 saturated carbocycles. The number of hydrogen-bond donors (Lipinski definition) is 1. The molecule has 0 aliphatic carbocycles. The Morgan fingerprint density at radius 3 is 2.52 bits per heavy atom. The van der Waals surface area contributed by atoms with Crippen LogP contribution in [0.2, 0.25) is 0 Å². The molecule has 3 rings (SSSR count). The monoisotopic (exact) mass is 485 g/mol. The highest BCUT2D eigenvalue weighted by molar-refractivity contribution is 9.10. The summed E-state index contributed by atoms with van der Waals surface area (Å²) in [6.07, 6.45) is -0.185. The molecule has 1 aliphatic rings. The Morgan fingerprint density at radius 1 is 1.24 bits per heavy atom. The first-order chi connectivity index (χ1) is 13.7. The summed E-state index contributed by atoms with van der Waals surface area (Å²) in [6.45, 7) is 5.15. The Kier molecular flexibility index (Phi) is 7.42. The summed E-state index contributed by atoms with van der Waals surface area (Å²) in [7, 11) is -3.02. The van der Waals surface area contributed by atoms with Crippen molar-refractivity contribution in [2.45, 2.75) is 44.9 Å². The summed E-state index contributed by atoms with van der Waals surface area (Å²) in [4.78, 5) is 1.98. The predicted molar refractivity (Wildman–Crippen MR) is 116 cm³/mol. The zero-order chi connectivity index (χ0) is 21.0. The third-order valence-electron chi connectivity index (χ3n) is 5.15. The van der Waals surface area contributed by atoms with Crippen LogP contribution in [0.3, 0.4) is 0 Å². The third-order valence-corrected chi connectivity index (χ3v) is 7.32. The second-order valence-electron chi connectivity index (χ2n) is 7.88. The van der Waals surface area contributed by atoms with Gasteiger partial charge >= 0.3 is 0 Å². The van der Waals surface area contributed by atoms with Crippen molar-refractivity contribution in [3.63, 3.8) is 0 Å². The minimum Gasteiger partial charge on any atom is -0.491 e. The van der Waals surface area contributed by atoms with E-state index in [9.17, 15) is 13.5 Å². The summed E-state index contributed by atoms with van der Waals surface area (Å²) in [6, 6.07) is 11.4. The summed E-state index contributed by atoms with van der Waals surface area (Å²) in [5, 5.41) is 10.5. The standard InChI is InChI=1S/C21H28BrNO5S/c1-15(2)16-3-5-19(6-4-16)27-13-18(24)11-23(12-20-7-8-21(22)28-20)17-9-10-29(25,26)14-17/h3-8,15,17-18,24H,9-14H2,1-2H3. The van der Waals surface area contributed by atoms with Crippen LogP contribution in [0.1, 0.15) is 37.5 Å². The number of rotatable bonds is 9. The maximum Gasteiger partial charge on any atom is 0.169 e. The third kappa shape index (κ3) is 6.57. The van der Waals surface area contributed by atoms with E-state index in [2.05, 4.69) is 29.8 Å². The first kappa shape index (κ1) is 22.3. The van der Waals surface area contributed by atoms with Crippen LogP contribution in [0.25, 0.3) is 0 Å². The predicted octanol–water partition coefficient (Wildman–Crippen LogP) is 3.59. The summed E-state index contributed by atoms with van der Waals surface area (Å²) in [5.74, 6) is 2.17. The van der Waals surface area contributed by atoms with E-state index in [0.717, 1.165) is 5.76 Å². The molecule has 1 fully saturated rings. The highest BCUT2D eigenvalue weighted by Crippen LogP contribution is 2.23. The van der Waals surface area contributed by atoms with Gasteiger partial charge in [-0.25, -0.2) is 8.42 Å². The van der Waals surface area contributed by atoms with Crippen LogP contribution in [-0.4, -0.2) is 55.2 Å². The van der Waals surface area contributed by atoms with Gasteiger partial charge in [-0.15, -0.1) is 0 Å². The normalized spacial score (nSPS) is 19.7. The van der Waals surface area contributed by atoms with Gasteiger partial charge in [0.2, 0.25) is 0 Å². The average molecular weight is 486 g/mol. The van der Waals surface area contributed by atoms with Gasteiger partial charge in [-0.3, -0.25) is 4.90 Å². The molecule has 1 aromatic carbocycles. The van der Waals surface area contributed by atoms with Gasteiger partial charge in [0.05, 0.1) is 18.1 Å². The van der Waals surface area contributed by atoms with Crippen molar-refractivity contribution in [2.75, 3.05) is 24.7 Å². The minimum absolute atomic E-state index is 0.110. The van der Waals surface area contributed by atoms with E-state index >= 15 is 0 Å². The SMILES string of the molecule is CC(C)c1ccc(OCC(O)CN(Cc2ccc(Br)o2)C2CCS(=O)(=O)C2)cc1. The van der Waals surface area contributed by atoms with E-state index in [1.807, 2.05) is 35.2 Å². The fraction of sp³-hybridized carbons (Fsp3) is 0.524. The second kappa shape index (κ2) is 9.64. The number of nitrogens with zero attached hydrogens (tertiary/aromatic N) is 1. The average Bonchev–Trinajstić information content (AvgIpc) is 3.24. The summed E-state index contributed by atoms with van der Waals surface area (Å²) in [5.41, 5.74) is 1.23. The molecule has 1 saturated heterocycles. The van der Waals surface area contributed by atoms with E-state index in [1.165, 1.54) is 5.56 Å². The number of benzene rings is 1. The molecule has 1 N–H and O–H groups in total. The molecule has 6 nitrogen and oxygen atoms in total. The van der Waals surface area contributed by atoms with Gasteiger partial charge in [-0.05, 0) is 58.1 Å². The highest BCUT2D eigenvalue weighted by atomic mass is 79.9. The molecule has 0 spiro atoms. The van der Waals surface area contributed by atoms with Gasteiger partial charge < -0.3 is 14.3 Å². The molecule has 8 heteroatoms. The molecule has 1 aromatic heterocycles. The highest BCUT2D eigenvalue weighted by Gasteiger charge is 2.33. The van der Waals surface area contributed by atoms with Gasteiger partial charge in [0.15, 0.2) is 14.5 Å². The van der Waals surface area contributed by atoms with E-state index in [-0.39, 0.29) is 24.2 Å². The Labute approximate surface area is 180 Å². The van der Waals surface area contributed by atoms with Crippen LogP contribution >= 0.6 is 15.9 Å². The lowest BCUT2D eigenvalue weighted by Crippen LogP contribution is -2.42. The van der Waals surface area contributed by atoms with Crippen molar-refractivity contribution >= 4 is 25.8 Å². The van der Waals surface area contributed by atoms with Crippen molar-refractivity contribution in [1.29, 1.82) is 0 Å². The van der Waals surface area contributed by atoms with Crippen molar-refractivity contribution < 1.29 is 22.7 Å². The van der Waals surface area contributed by atoms with Crippen LogP contribution in [0, 0.1) is 0 Å². The number of halogens is 1. The molecule has 1 aliphatic heterocycles. The Morgan fingerprint density at radius 2 is 1.97 bits per heavy atom. The fourth-order valence-electron chi connectivity index (χ4n) is 3.51. The number of aliphatic hydroxyl groups excluding tert-OH is 1. The smallest absolute Gasteiger partial charge is 0.169 e. The first-order valence-corrected chi connectivity index (χ1v) is 12.4. The van der Waals surface area contributed by atoms with Gasteiger partial charge in [-0.1, -0.05) is 26.0 Å². The molecule has 2 unspecified atom stereocenters. The van der Waals surface area contributed by atoms with Gasteiger partial charge in [0, 0.05) is 12.6 Å². The van der Waals surface area contributed by atoms with Crippen molar-refractivity contribution in [3.8, 4) is 5.75 Å². The van der Waals surface area contributed by atoms with E-state index in [1.54, 1.807) is 6.07 Å². The van der Waals surface area contributed by atoms with Crippen LogP contribution in [0.5, 0.6) is 5.75 Å². The van der Waals surface area contributed by atoms with E-state index in [4.69, 9.17) is 9.15 Å². The zero-order valence-electron chi connectivity index (χ0n) is 16.8. The lowest BCUT2D eigenvalue weighted by molar-refractivity contribution is 0.0496. The summed E-state index contributed by atoms with van der Waals surface area (Å²) >= 11 is 3.29.